The standard InChI is InChI=1S/C23H29ClN2O2/c1-15(2)25-23(28)18(5)26(14-19-6-8-21(24)9-7-19)22(27)13-20-11-16(3)10-17(4)12-20/h6-12,15,18H,13-14H2,1-5H3,(H,25,28). The molecule has 150 valence electrons. The van der Waals surface area contributed by atoms with Crippen LogP contribution in [-0.4, -0.2) is 28.8 Å². The third-order valence-electron chi connectivity index (χ3n) is 4.50. The molecule has 2 aromatic carbocycles. The molecule has 0 radical (unpaired) electrons. The summed E-state index contributed by atoms with van der Waals surface area (Å²) in [4.78, 5) is 27.4. The Labute approximate surface area is 172 Å². The average molecular weight is 401 g/mol. The van der Waals surface area contributed by atoms with E-state index in [2.05, 4.69) is 11.4 Å². The molecule has 2 amide bonds. The smallest absolute Gasteiger partial charge is 0.242 e. The number of carbonyl (C=O) groups is 2. The Morgan fingerprint density at radius 2 is 1.54 bits per heavy atom. The molecule has 28 heavy (non-hydrogen) atoms. The highest BCUT2D eigenvalue weighted by Gasteiger charge is 2.26. The summed E-state index contributed by atoms with van der Waals surface area (Å²) in [5.74, 6) is -0.232. The fourth-order valence-electron chi connectivity index (χ4n) is 3.22. The molecule has 5 heteroatoms. The van der Waals surface area contributed by atoms with Gasteiger partial charge in [-0.25, -0.2) is 0 Å². The molecule has 0 aliphatic carbocycles. The van der Waals surface area contributed by atoms with Crippen molar-refractivity contribution in [2.45, 2.75) is 59.7 Å². The van der Waals surface area contributed by atoms with Gasteiger partial charge in [0, 0.05) is 17.6 Å². The maximum Gasteiger partial charge on any atom is 0.242 e. The SMILES string of the molecule is Cc1cc(C)cc(CC(=O)N(Cc2ccc(Cl)cc2)C(C)C(=O)NC(C)C)c1. The molecular formula is C23H29ClN2O2. The van der Waals surface area contributed by atoms with Gasteiger partial charge in [0.15, 0.2) is 0 Å². The minimum absolute atomic E-state index is 0.0156. The second-order valence-electron chi connectivity index (χ2n) is 7.66. The molecule has 0 bridgehead atoms. The summed E-state index contributed by atoms with van der Waals surface area (Å²) in [5.41, 5.74) is 4.14. The quantitative estimate of drug-likeness (QED) is 0.746. The summed E-state index contributed by atoms with van der Waals surface area (Å²) in [6, 6.07) is 12.9. The van der Waals surface area contributed by atoms with Crippen LogP contribution in [0.1, 0.15) is 43.0 Å². The summed E-state index contributed by atoms with van der Waals surface area (Å²) in [5, 5.41) is 3.54. The highest BCUT2D eigenvalue weighted by Crippen LogP contribution is 2.16. The van der Waals surface area contributed by atoms with Crippen LogP contribution in [0.15, 0.2) is 42.5 Å². The molecular weight excluding hydrogens is 372 g/mol. The number of nitrogens with one attached hydrogen (secondary N) is 1. The van der Waals surface area contributed by atoms with Gasteiger partial charge in [-0.3, -0.25) is 9.59 Å². The highest BCUT2D eigenvalue weighted by molar-refractivity contribution is 6.30. The molecule has 0 fully saturated rings. The lowest BCUT2D eigenvalue weighted by molar-refractivity contribution is -0.140. The summed E-state index contributed by atoms with van der Waals surface area (Å²) in [7, 11) is 0. The lowest BCUT2D eigenvalue weighted by Gasteiger charge is -2.29. The van der Waals surface area contributed by atoms with Gasteiger partial charge in [0.1, 0.15) is 6.04 Å². The van der Waals surface area contributed by atoms with Crippen molar-refractivity contribution in [2.75, 3.05) is 0 Å². The first-order valence-corrected chi connectivity index (χ1v) is 9.95. The van der Waals surface area contributed by atoms with E-state index < -0.39 is 6.04 Å². The number of hydrogen-bond donors (Lipinski definition) is 1. The number of carbonyl (C=O) groups excluding carboxylic acids is 2. The molecule has 2 aromatic rings. The van der Waals surface area contributed by atoms with Crippen LogP contribution in [0.3, 0.4) is 0 Å². The van der Waals surface area contributed by atoms with E-state index >= 15 is 0 Å². The van der Waals surface area contributed by atoms with Gasteiger partial charge in [-0.2, -0.15) is 0 Å². The van der Waals surface area contributed by atoms with Crippen molar-refractivity contribution >= 4 is 23.4 Å². The Morgan fingerprint density at radius 3 is 2.07 bits per heavy atom. The van der Waals surface area contributed by atoms with Crippen LogP contribution in [0, 0.1) is 13.8 Å². The van der Waals surface area contributed by atoms with Crippen LogP contribution in [0.2, 0.25) is 5.02 Å². The molecule has 0 aliphatic heterocycles. The fraction of sp³-hybridized carbons (Fsp3) is 0.391. The maximum absolute atomic E-state index is 13.2. The molecule has 1 atom stereocenters. The van der Waals surface area contributed by atoms with Crippen LogP contribution in [0.5, 0.6) is 0 Å². The topological polar surface area (TPSA) is 49.4 Å². The molecule has 0 aliphatic rings. The van der Waals surface area contributed by atoms with Gasteiger partial charge >= 0.3 is 0 Å². The van der Waals surface area contributed by atoms with Gasteiger partial charge in [0.05, 0.1) is 6.42 Å². The second kappa shape index (κ2) is 9.74. The van der Waals surface area contributed by atoms with Crippen molar-refractivity contribution in [3.63, 3.8) is 0 Å². The summed E-state index contributed by atoms with van der Waals surface area (Å²) < 4.78 is 0. The van der Waals surface area contributed by atoms with Crippen molar-refractivity contribution in [1.82, 2.24) is 10.2 Å². The van der Waals surface area contributed by atoms with Crippen LogP contribution in [-0.2, 0) is 22.6 Å². The van der Waals surface area contributed by atoms with Gasteiger partial charge in [-0.1, -0.05) is 53.1 Å². The summed E-state index contributed by atoms with van der Waals surface area (Å²) in [6.07, 6.45) is 0.259. The van der Waals surface area contributed by atoms with Crippen molar-refractivity contribution < 1.29 is 9.59 Å². The molecule has 4 nitrogen and oxygen atoms in total. The van der Waals surface area contributed by atoms with Crippen LogP contribution in [0.4, 0.5) is 0 Å². The van der Waals surface area contributed by atoms with Crippen LogP contribution < -0.4 is 5.32 Å². The van der Waals surface area contributed by atoms with Gasteiger partial charge in [-0.15, -0.1) is 0 Å². The molecule has 0 spiro atoms. The molecule has 0 aromatic heterocycles. The summed E-state index contributed by atoms with van der Waals surface area (Å²) >= 11 is 5.97. The van der Waals surface area contributed by atoms with E-state index in [0.717, 1.165) is 22.3 Å². The predicted octanol–water partition coefficient (Wildman–Crippen LogP) is 4.44. The number of halogens is 1. The van der Waals surface area contributed by atoms with E-state index in [9.17, 15) is 9.59 Å². The van der Waals surface area contributed by atoms with Gasteiger partial charge in [0.25, 0.3) is 0 Å². The molecule has 0 heterocycles. The minimum Gasteiger partial charge on any atom is -0.352 e. The lowest BCUT2D eigenvalue weighted by Crippen LogP contribution is -2.49. The molecule has 0 saturated heterocycles. The molecule has 1 unspecified atom stereocenters. The van der Waals surface area contributed by atoms with E-state index in [-0.39, 0.29) is 24.3 Å². The predicted molar refractivity (Wildman–Crippen MR) is 114 cm³/mol. The van der Waals surface area contributed by atoms with Gasteiger partial charge in [-0.05, 0) is 57.9 Å². The zero-order valence-electron chi connectivity index (χ0n) is 17.3. The number of nitrogens with zero attached hydrogens (tertiary/aromatic N) is 1. The van der Waals surface area contributed by atoms with Gasteiger partial charge < -0.3 is 10.2 Å². The summed E-state index contributed by atoms with van der Waals surface area (Å²) in [6.45, 7) is 9.98. The fourth-order valence-corrected chi connectivity index (χ4v) is 3.35. The normalized spacial score (nSPS) is 12.0. The zero-order valence-corrected chi connectivity index (χ0v) is 18.0. The zero-order chi connectivity index (χ0) is 20.8. The number of rotatable bonds is 7. The van der Waals surface area contributed by atoms with E-state index in [1.807, 2.05) is 52.0 Å². The third-order valence-corrected chi connectivity index (χ3v) is 4.75. The number of aryl methyl sites for hydroxylation is 2. The number of amides is 2. The molecule has 1 N–H and O–H groups in total. The first-order valence-electron chi connectivity index (χ1n) is 9.57. The first kappa shape index (κ1) is 22.0. The largest absolute Gasteiger partial charge is 0.352 e. The highest BCUT2D eigenvalue weighted by atomic mass is 35.5. The Bertz CT molecular complexity index is 811. The van der Waals surface area contributed by atoms with E-state index in [0.29, 0.717) is 11.6 Å². The third kappa shape index (κ3) is 6.38. The Kier molecular flexibility index (Phi) is 7.64. The second-order valence-corrected chi connectivity index (χ2v) is 8.10. The van der Waals surface area contributed by atoms with Crippen molar-refractivity contribution in [3.05, 3.63) is 69.7 Å². The lowest BCUT2D eigenvalue weighted by atomic mass is 10.0. The van der Waals surface area contributed by atoms with Crippen molar-refractivity contribution in [2.24, 2.45) is 0 Å². The van der Waals surface area contributed by atoms with Crippen LogP contribution >= 0.6 is 11.6 Å². The number of benzene rings is 2. The Hall–Kier alpha value is -2.33. The van der Waals surface area contributed by atoms with Crippen molar-refractivity contribution in [3.8, 4) is 0 Å². The first-order chi connectivity index (χ1) is 13.2. The maximum atomic E-state index is 13.2. The Balaban J connectivity index is 2.25. The van der Waals surface area contributed by atoms with E-state index in [1.54, 1.807) is 24.0 Å². The molecule has 0 saturated carbocycles. The Morgan fingerprint density at radius 1 is 0.964 bits per heavy atom. The average Bonchev–Trinajstić information content (AvgIpc) is 2.59. The van der Waals surface area contributed by atoms with Crippen LogP contribution in [0.25, 0.3) is 0 Å². The van der Waals surface area contributed by atoms with Crippen molar-refractivity contribution in [1.29, 1.82) is 0 Å². The number of hydrogen-bond acceptors (Lipinski definition) is 2. The monoisotopic (exact) mass is 400 g/mol. The molecule has 2 rings (SSSR count). The minimum atomic E-state index is -0.573. The van der Waals surface area contributed by atoms with Gasteiger partial charge in [0.2, 0.25) is 11.8 Å². The van der Waals surface area contributed by atoms with E-state index in [1.165, 1.54) is 0 Å². The van der Waals surface area contributed by atoms with E-state index in [4.69, 9.17) is 11.6 Å².